The van der Waals surface area contributed by atoms with Crippen molar-refractivity contribution in [2.75, 3.05) is 39.4 Å². The maximum absolute atomic E-state index is 13.1. The third-order valence-corrected chi connectivity index (χ3v) is 7.00. The molecular formula is C27H33N7O2. The number of aryl methyl sites for hydroxylation is 2. The minimum absolute atomic E-state index is 0.0450. The number of pyridine rings is 1. The Kier molecular flexibility index (Phi) is 7.50. The standard InChI is InChI=1S/C27H33N7O2/c1-20-8-9-23-16-24(27(35)28-26(23)21(20)2)18-33(11-10-32-12-14-36-15-13-32)19-25-29-30-31-34(25)17-22-6-4-3-5-7-22/h3-9,16H,10-15,17-19H2,1-2H3,(H,28,35). The summed E-state index contributed by atoms with van der Waals surface area (Å²) in [6.45, 7) is 10.9. The van der Waals surface area contributed by atoms with E-state index in [1.165, 1.54) is 5.56 Å². The molecule has 0 bridgehead atoms. The number of benzene rings is 2. The molecule has 1 aliphatic rings. The first-order chi connectivity index (χ1) is 17.6. The Morgan fingerprint density at radius 2 is 1.86 bits per heavy atom. The van der Waals surface area contributed by atoms with Crippen molar-refractivity contribution < 1.29 is 4.74 Å². The molecule has 1 aliphatic heterocycles. The van der Waals surface area contributed by atoms with Crippen LogP contribution in [0, 0.1) is 13.8 Å². The molecule has 0 aliphatic carbocycles. The van der Waals surface area contributed by atoms with Crippen LogP contribution in [-0.4, -0.2) is 74.4 Å². The highest BCUT2D eigenvalue weighted by Gasteiger charge is 2.18. The number of nitrogens with one attached hydrogen (secondary N) is 1. The van der Waals surface area contributed by atoms with E-state index >= 15 is 0 Å². The van der Waals surface area contributed by atoms with Gasteiger partial charge in [-0.05, 0) is 52.4 Å². The molecule has 0 unspecified atom stereocenters. The minimum atomic E-state index is -0.0450. The van der Waals surface area contributed by atoms with E-state index in [9.17, 15) is 4.79 Å². The van der Waals surface area contributed by atoms with Gasteiger partial charge >= 0.3 is 0 Å². The van der Waals surface area contributed by atoms with E-state index in [1.807, 2.05) is 28.9 Å². The van der Waals surface area contributed by atoms with Crippen LogP contribution in [0.15, 0.2) is 53.3 Å². The Bertz CT molecular complexity index is 1360. The van der Waals surface area contributed by atoms with Gasteiger partial charge in [-0.25, -0.2) is 4.68 Å². The number of nitrogens with zero attached hydrogens (tertiary/aromatic N) is 6. The van der Waals surface area contributed by atoms with Gasteiger partial charge in [0, 0.05) is 38.3 Å². The number of ether oxygens (including phenoxy) is 1. The lowest BCUT2D eigenvalue weighted by molar-refractivity contribution is 0.0322. The quantitative estimate of drug-likeness (QED) is 0.388. The second-order valence-electron chi connectivity index (χ2n) is 9.50. The van der Waals surface area contributed by atoms with Gasteiger partial charge in [-0.15, -0.1) is 5.10 Å². The van der Waals surface area contributed by atoms with Crippen molar-refractivity contribution in [3.63, 3.8) is 0 Å². The summed E-state index contributed by atoms with van der Waals surface area (Å²) < 4.78 is 7.34. The fourth-order valence-corrected chi connectivity index (χ4v) is 4.67. The van der Waals surface area contributed by atoms with Crippen LogP contribution < -0.4 is 5.56 Å². The van der Waals surface area contributed by atoms with Gasteiger partial charge in [0.05, 0.1) is 31.8 Å². The van der Waals surface area contributed by atoms with E-state index in [-0.39, 0.29) is 5.56 Å². The fraction of sp³-hybridized carbons (Fsp3) is 0.407. The van der Waals surface area contributed by atoms with Crippen LogP contribution in [0.5, 0.6) is 0 Å². The number of morpholine rings is 1. The van der Waals surface area contributed by atoms with Crippen molar-refractivity contribution >= 4 is 10.9 Å². The molecule has 4 aromatic rings. The van der Waals surface area contributed by atoms with E-state index in [2.05, 4.69) is 68.4 Å². The van der Waals surface area contributed by atoms with Crippen LogP contribution in [0.3, 0.4) is 0 Å². The summed E-state index contributed by atoms with van der Waals surface area (Å²) in [5, 5.41) is 13.6. The van der Waals surface area contributed by atoms with Crippen molar-refractivity contribution in [3.05, 3.63) is 87.0 Å². The molecule has 0 radical (unpaired) electrons. The molecular weight excluding hydrogens is 454 g/mol. The maximum atomic E-state index is 13.1. The highest BCUT2D eigenvalue weighted by atomic mass is 16.5. The summed E-state index contributed by atoms with van der Waals surface area (Å²) in [4.78, 5) is 20.9. The predicted molar refractivity (Wildman–Crippen MR) is 139 cm³/mol. The molecule has 1 saturated heterocycles. The van der Waals surface area contributed by atoms with E-state index in [0.29, 0.717) is 19.6 Å². The lowest BCUT2D eigenvalue weighted by Crippen LogP contribution is -2.41. The lowest BCUT2D eigenvalue weighted by Gasteiger charge is -2.29. The zero-order valence-corrected chi connectivity index (χ0v) is 21.0. The molecule has 0 spiro atoms. The fourth-order valence-electron chi connectivity index (χ4n) is 4.67. The van der Waals surface area contributed by atoms with Gasteiger partial charge in [-0.3, -0.25) is 14.6 Å². The molecule has 2 aromatic heterocycles. The van der Waals surface area contributed by atoms with Crippen LogP contribution in [0.2, 0.25) is 0 Å². The Morgan fingerprint density at radius 1 is 1.06 bits per heavy atom. The molecule has 0 atom stereocenters. The largest absolute Gasteiger partial charge is 0.379 e. The van der Waals surface area contributed by atoms with Crippen molar-refractivity contribution in [1.82, 2.24) is 35.0 Å². The number of fused-ring (bicyclic) bond motifs is 1. The van der Waals surface area contributed by atoms with Gasteiger partial charge in [-0.2, -0.15) is 0 Å². The van der Waals surface area contributed by atoms with Crippen molar-refractivity contribution in [2.45, 2.75) is 33.5 Å². The molecule has 2 aromatic carbocycles. The van der Waals surface area contributed by atoms with Gasteiger partial charge in [0.2, 0.25) is 0 Å². The molecule has 188 valence electrons. The number of tetrazole rings is 1. The lowest BCUT2D eigenvalue weighted by atomic mass is 10.0. The summed E-state index contributed by atoms with van der Waals surface area (Å²) in [6, 6.07) is 16.4. The van der Waals surface area contributed by atoms with Crippen molar-refractivity contribution in [1.29, 1.82) is 0 Å². The second kappa shape index (κ2) is 11.1. The molecule has 0 amide bonds. The van der Waals surface area contributed by atoms with Crippen LogP contribution in [0.25, 0.3) is 10.9 Å². The second-order valence-corrected chi connectivity index (χ2v) is 9.50. The van der Waals surface area contributed by atoms with E-state index in [4.69, 9.17) is 4.74 Å². The van der Waals surface area contributed by atoms with Crippen LogP contribution in [-0.2, 0) is 24.4 Å². The summed E-state index contributed by atoms with van der Waals surface area (Å²) in [5.74, 6) is 0.782. The first-order valence-corrected chi connectivity index (χ1v) is 12.5. The Labute approximate surface area is 210 Å². The first-order valence-electron chi connectivity index (χ1n) is 12.5. The number of hydrogen-bond acceptors (Lipinski definition) is 7. The van der Waals surface area contributed by atoms with Gasteiger partial charge in [0.15, 0.2) is 5.82 Å². The summed E-state index contributed by atoms with van der Waals surface area (Å²) in [6.07, 6.45) is 0. The van der Waals surface area contributed by atoms with E-state index in [1.54, 1.807) is 0 Å². The zero-order valence-electron chi connectivity index (χ0n) is 21.0. The SMILES string of the molecule is Cc1ccc2cc(CN(CCN3CCOCC3)Cc3nnnn3Cc3ccccc3)c(=O)[nH]c2c1C. The minimum Gasteiger partial charge on any atom is -0.379 e. The normalized spacial score (nSPS) is 14.6. The Morgan fingerprint density at radius 3 is 2.67 bits per heavy atom. The van der Waals surface area contributed by atoms with Crippen molar-refractivity contribution in [2.24, 2.45) is 0 Å². The maximum Gasteiger partial charge on any atom is 0.252 e. The molecule has 0 saturated carbocycles. The number of aromatic amines is 1. The average molecular weight is 488 g/mol. The summed E-state index contributed by atoms with van der Waals surface area (Å²) in [7, 11) is 0. The average Bonchev–Trinajstić information content (AvgIpc) is 3.33. The highest BCUT2D eigenvalue weighted by Crippen LogP contribution is 2.20. The van der Waals surface area contributed by atoms with Crippen LogP contribution >= 0.6 is 0 Å². The number of rotatable bonds is 9. The molecule has 9 heteroatoms. The Balaban J connectivity index is 1.38. The van der Waals surface area contributed by atoms with Gasteiger partial charge in [-0.1, -0.05) is 42.5 Å². The molecule has 1 N–H and O–H groups in total. The van der Waals surface area contributed by atoms with E-state index in [0.717, 1.165) is 72.8 Å². The first kappa shape index (κ1) is 24.3. The smallest absolute Gasteiger partial charge is 0.252 e. The number of H-pyrrole nitrogens is 1. The number of hydrogen-bond donors (Lipinski definition) is 1. The van der Waals surface area contributed by atoms with Gasteiger partial charge in [0.1, 0.15) is 0 Å². The number of aromatic nitrogens is 5. The summed E-state index contributed by atoms with van der Waals surface area (Å²) in [5.41, 5.74) is 5.04. The third kappa shape index (κ3) is 5.70. The summed E-state index contributed by atoms with van der Waals surface area (Å²) >= 11 is 0. The topological polar surface area (TPSA) is 92.2 Å². The Hall–Kier alpha value is -3.40. The molecule has 1 fully saturated rings. The van der Waals surface area contributed by atoms with Gasteiger partial charge < -0.3 is 9.72 Å². The molecule has 36 heavy (non-hydrogen) atoms. The zero-order chi connectivity index (χ0) is 24.9. The van der Waals surface area contributed by atoms with Gasteiger partial charge in [0.25, 0.3) is 5.56 Å². The van der Waals surface area contributed by atoms with Crippen molar-refractivity contribution in [3.8, 4) is 0 Å². The third-order valence-electron chi connectivity index (χ3n) is 7.00. The predicted octanol–water partition coefficient (Wildman–Crippen LogP) is 2.51. The molecule has 9 nitrogen and oxygen atoms in total. The highest BCUT2D eigenvalue weighted by molar-refractivity contribution is 5.83. The van der Waals surface area contributed by atoms with Crippen LogP contribution in [0.1, 0.15) is 28.1 Å². The van der Waals surface area contributed by atoms with Crippen LogP contribution in [0.4, 0.5) is 0 Å². The molecule has 3 heterocycles. The van der Waals surface area contributed by atoms with E-state index < -0.39 is 0 Å². The molecule has 5 rings (SSSR count). The monoisotopic (exact) mass is 487 g/mol.